The van der Waals surface area contributed by atoms with Gasteiger partial charge >= 0.3 is 6.18 Å². The first kappa shape index (κ1) is 11.6. The van der Waals surface area contributed by atoms with E-state index >= 15 is 0 Å². The second-order valence-corrected chi connectivity index (χ2v) is 4.80. The number of aliphatic hydroxyl groups excluding tert-OH is 1. The number of carbonyl (C=O) groups is 1. The maximum Gasteiger partial charge on any atom is 0.445 e. The van der Waals surface area contributed by atoms with Crippen molar-refractivity contribution in [2.24, 2.45) is 0 Å². The van der Waals surface area contributed by atoms with Crippen molar-refractivity contribution >= 4 is 34.1 Å². The molecule has 2 heterocycles. The molecule has 0 aliphatic carbocycles. The molecule has 10 heteroatoms. The van der Waals surface area contributed by atoms with Gasteiger partial charge in [-0.3, -0.25) is 9.69 Å². The maximum absolute atomic E-state index is 12.2. The first-order valence-electron chi connectivity index (χ1n) is 3.91. The van der Waals surface area contributed by atoms with Crippen molar-refractivity contribution in [2.45, 2.75) is 11.6 Å². The molecule has 88 valence electrons. The topological polar surface area (TPSA) is 66.3 Å². The van der Waals surface area contributed by atoms with Crippen LogP contribution in [0.3, 0.4) is 0 Å². The van der Waals surface area contributed by atoms with E-state index < -0.39 is 22.5 Å². The van der Waals surface area contributed by atoms with Crippen LogP contribution in [-0.2, 0) is 11.0 Å². The zero-order chi connectivity index (χ0) is 11.9. The van der Waals surface area contributed by atoms with Gasteiger partial charge in [0.25, 0.3) is 5.91 Å². The van der Waals surface area contributed by atoms with Crippen LogP contribution < -0.4 is 4.90 Å². The summed E-state index contributed by atoms with van der Waals surface area (Å²) in [5, 5.41) is 14.1. The number of anilines is 1. The van der Waals surface area contributed by atoms with Gasteiger partial charge in [-0.05, 0) is 0 Å². The number of aliphatic hydroxyl groups is 1. The van der Waals surface area contributed by atoms with E-state index in [9.17, 15) is 18.0 Å². The Morgan fingerprint density at radius 2 is 2.12 bits per heavy atom. The highest BCUT2D eigenvalue weighted by atomic mass is 32.2. The molecule has 16 heavy (non-hydrogen) atoms. The fraction of sp³-hybridized carbons (Fsp3) is 0.500. The molecule has 0 saturated carbocycles. The summed E-state index contributed by atoms with van der Waals surface area (Å²) in [6.07, 6.45) is -4.57. The van der Waals surface area contributed by atoms with Gasteiger partial charge in [0.05, 0.1) is 5.88 Å². The Balaban J connectivity index is 2.23. The number of aromatic nitrogens is 2. The number of hydrogen-bond donors (Lipinski definition) is 1. The molecule has 0 radical (unpaired) electrons. The molecule has 0 spiro atoms. The number of thioether (sulfide) groups is 1. The van der Waals surface area contributed by atoms with E-state index in [0.29, 0.717) is 0 Å². The molecule has 0 bridgehead atoms. The Morgan fingerprint density at radius 3 is 2.56 bits per heavy atom. The van der Waals surface area contributed by atoms with Crippen LogP contribution in [0.15, 0.2) is 0 Å². The number of hydrogen-bond acceptors (Lipinski definition) is 6. The summed E-state index contributed by atoms with van der Waals surface area (Å²) in [6, 6.07) is 0. The number of amides is 1. The van der Waals surface area contributed by atoms with Crippen LogP contribution in [-0.4, -0.2) is 32.5 Å². The summed E-state index contributed by atoms with van der Waals surface area (Å²) in [7, 11) is 0. The van der Waals surface area contributed by atoms with Crippen LogP contribution >= 0.6 is 23.1 Å². The largest absolute Gasteiger partial charge is 0.445 e. The van der Waals surface area contributed by atoms with Gasteiger partial charge in [-0.1, -0.05) is 23.1 Å². The highest BCUT2D eigenvalue weighted by Gasteiger charge is 2.39. The number of carbonyl (C=O) groups excluding carboxylic acids is 1. The summed E-state index contributed by atoms with van der Waals surface area (Å²) in [6.45, 7) is 0. The predicted octanol–water partition coefficient (Wildman–Crippen LogP) is 0.913. The number of rotatable bonds is 1. The van der Waals surface area contributed by atoms with E-state index in [4.69, 9.17) is 5.11 Å². The summed E-state index contributed by atoms with van der Waals surface area (Å²) in [5.74, 6) is -0.596. The third kappa shape index (κ3) is 1.99. The molecule has 0 aromatic carbocycles. The lowest BCUT2D eigenvalue weighted by Crippen LogP contribution is -2.28. The first-order chi connectivity index (χ1) is 7.39. The Hall–Kier alpha value is -0.870. The average Bonchev–Trinajstić information content (AvgIpc) is 2.74. The summed E-state index contributed by atoms with van der Waals surface area (Å²) >= 11 is 1.19. The van der Waals surface area contributed by atoms with Crippen molar-refractivity contribution in [1.82, 2.24) is 10.2 Å². The van der Waals surface area contributed by atoms with Gasteiger partial charge in [-0.25, -0.2) is 0 Å². The van der Waals surface area contributed by atoms with Crippen LogP contribution in [0.5, 0.6) is 0 Å². The second-order valence-electron chi connectivity index (χ2n) is 2.80. The molecule has 2 rings (SSSR count). The van der Waals surface area contributed by atoms with Crippen molar-refractivity contribution in [3.8, 4) is 0 Å². The lowest BCUT2D eigenvalue weighted by Gasteiger charge is -2.08. The van der Waals surface area contributed by atoms with Gasteiger partial charge in [0.2, 0.25) is 10.1 Å². The Labute approximate surface area is 95.3 Å². The fourth-order valence-electron chi connectivity index (χ4n) is 1.00. The Kier molecular flexibility index (Phi) is 2.80. The van der Waals surface area contributed by atoms with Gasteiger partial charge in [-0.15, -0.1) is 10.2 Å². The van der Waals surface area contributed by atoms with Crippen molar-refractivity contribution in [3.63, 3.8) is 0 Å². The zero-order valence-electron chi connectivity index (χ0n) is 7.43. The Morgan fingerprint density at radius 1 is 1.44 bits per heavy atom. The molecule has 1 aliphatic heterocycles. The number of alkyl halides is 3. The van der Waals surface area contributed by atoms with E-state index in [1.54, 1.807) is 0 Å². The molecule has 1 saturated heterocycles. The standard InChI is InChI=1S/C6H4F3N3O2S2/c7-6(8,9)4-10-11-5(16-4)12-1-15-3(14)2(12)13/h3,14H,1H2. The van der Waals surface area contributed by atoms with E-state index in [2.05, 4.69) is 10.2 Å². The van der Waals surface area contributed by atoms with Crippen LogP contribution in [0.2, 0.25) is 0 Å². The van der Waals surface area contributed by atoms with E-state index in [-0.39, 0.29) is 22.3 Å². The molecule has 1 atom stereocenters. The number of nitrogens with zero attached hydrogens (tertiary/aromatic N) is 3. The van der Waals surface area contributed by atoms with Gasteiger partial charge < -0.3 is 5.11 Å². The lowest BCUT2D eigenvalue weighted by molar-refractivity contribution is -0.138. The third-order valence-corrected chi connectivity index (χ3v) is 3.64. The molecule has 1 aliphatic rings. The minimum absolute atomic E-state index is 0.0759. The SMILES string of the molecule is O=C1C(O)SCN1c1nnc(C(F)(F)F)s1. The van der Waals surface area contributed by atoms with Crippen LogP contribution in [0, 0.1) is 0 Å². The summed E-state index contributed by atoms with van der Waals surface area (Å²) < 4.78 is 36.6. The van der Waals surface area contributed by atoms with E-state index in [0.717, 1.165) is 16.7 Å². The van der Waals surface area contributed by atoms with Crippen LogP contribution in [0.1, 0.15) is 5.01 Å². The average molecular weight is 271 g/mol. The minimum Gasteiger partial charge on any atom is -0.373 e. The molecule has 1 amide bonds. The third-order valence-electron chi connectivity index (χ3n) is 1.73. The number of halogens is 3. The first-order valence-corrected chi connectivity index (χ1v) is 5.78. The zero-order valence-corrected chi connectivity index (χ0v) is 9.06. The highest BCUT2D eigenvalue weighted by Crippen LogP contribution is 2.36. The molecular formula is C6H4F3N3O2S2. The van der Waals surface area contributed by atoms with E-state index in [1.165, 1.54) is 0 Å². The normalized spacial score (nSPS) is 21.9. The van der Waals surface area contributed by atoms with Gasteiger partial charge in [-0.2, -0.15) is 13.2 Å². The van der Waals surface area contributed by atoms with Crippen LogP contribution in [0.4, 0.5) is 18.3 Å². The van der Waals surface area contributed by atoms with E-state index in [1.807, 2.05) is 0 Å². The van der Waals surface area contributed by atoms with Gasteiger partial charge in [0.1, 0.15) is 0 Å². The van der Waals surface area contributed by atoms with Crippen molar-refractivity contribution < 1.29 is 23.1 Å². The van der Waals surface area contributed by atoms with Crippen molar-refractivity contribution in [1.29, 1.82) is 0 Å². The van der Waals surface area contributed by atoms with Gasteiger partial charge in [0, 0.05) is 0 Å². The second kappa shape index (κ2) is 3.86. The Bertz CT molecular complexity index is 421. The van der Waals surface area contributed by atoms with Crippen molar-refractivity contribution in [3.05, 3.63) is 5.01 Å². The monoisotopic (exact) mass is 271 g/mol. The molecule has 1 aromatic rings. The lowest BCUT2D eigenvalue weighted by atomic mass is 10.6. The molecule has 5 nitrogen and oxygen atoms in total. The predicted molar refractivity (Wildman–Crippen MR) is 50.9 cm³/mol. The molecule has 1 N–H and O–H groups in total. The highest BCUT2D eigenvalue weighted by molar-refractivity contribution is 8.01. The quantitative estimate of drug-likeness (QED) is 0.822. The minimum atomic E-state index is -4.57. The van der Waals surface area contributed by atoms with Crippen LogP contribution in [0.25, 0.3) is 0 Å². The molecule has 1 unspecified atom stereocenters. The molecule has 1 fully saturated rings. The molecular weight excluding hydrogens is 267 g/mol. The summed E-state index contributed by atoms with van der Waals surface area (Å²) in [5.41, 5.74) is -1.24. The smallest absolute Gasteiger partial charge is 0.373 e. The maximum atomic E-state index is 12.2. The van der Waals surface area contributed by atoms with Crippen molar-refractivity contribution in [2.75, 3.05) is 10.8 Å². The fourth-order valence-corrected chi connectivity index (χ4v) is 2.61. The summed E-state index contributed by atoms with van der Waals surface area (Å²) in [4.78, 5) is 12.3. The van der Waals surface area contributed by atoms with Gasteiger partial charge in [0.15, 0.2) is 5.44 Å². The molecule has 1 aromatic heterocycles.